The van der Waals surface area contributed by atoms with Crippen LogP contribution in [0, 0.1) is 29.5 Å². The summed E-state index contributed by atoms with van der Waals surface area (Å²) in [5.74, 6) is -1.27. The Morgan fingerprint density at radius 3 is 2.71 bits per heavy atom. The van der Waals surface area contributed by atoms with Crippen molar-refractivity contribution in [3.63, 3.8) is 0 Å². The highest BCUT2D eigenvalue weighted by atomic mass is 35.5. The van der Waals surface area contributed by atoms with Crippen molar-refractivity contribution in [3.8, 4) is 6.07 Å². The molecule has 3 aliphatic carbocycles. The van der Waals surface area contributed by atoms with Gasteiger partial charge in [0.25, 0.3) is 5.56 Å². The van der Waals surface area contributed by atoms with Gasteiger partial charge in [-0.15, -0.1) is 0 Å². The number of rotatable bonds is 5. The van der Waals surface area contributed by atoms with Crippen LogP contribution in [0.15, 0.2) is 29.2 Å². The molecule has 1 N–H and O–H groups in total. The van der Waals surface area contributed by atoms with Gasteiger partial charge < -0.3 is 10.1 Å². The van der Waals surface area contributed by atoms with Gasteiger partial charge >= 0.3 is 5.97 Å². The fraction of sp³-hybridized carbons (Fsp3) is 0.375. The standard InChI is InChI=1S/C24H21ClFN5O3/c1-12-19(24-8-23(9-24,10-24)11-27)30-20-15(6-14(26)7-31(20)21(12)32)13(2)28-16-4-5-17(25)29-18(16)22(33)34-3/h4-7,13,28H,8-10H2,1-3H3/t13-,23?,24?/m1/s1. The van der Waals surface area contributed by atoms with Gasteiger partial charge in [0.2, 0.25) is 0 Å². The fourth-order valence-corrected chi connectivity index (χ4v) is 5.57. The minimum atomic E-state index is -0.677. The number of nitriles is 1. The maximum atomic E-state index is 14.6. The van der Waals surface area contributed by atoms with Gasteiger partial charge in [-0.25, -0.2) is 19.2 Å². The SMILES string of the molecule is COC(=O)c1nc(Cl)ccc1N[C@H](C)c1cc(F)cn2c(=O)c(C)c(C34CC(C#N)(C3)C4)nc12. The van der Waals surface area contributed by atoms with Crippen LogP contribution in [-0.4, -0.2) is 27.4 Å². The smallest absolute Gasteiger partial charge is 0.358 e. The van der Waals surface area contributed by atoms with E-state index < -0.39 is 17.8 Å². The molecule has 2 bridgehead atoms. The summed E-state index contributed by atoms with van der Waals surface area (Å²) in [6.45, 7) is 3.46. The largest absolute Gasteiger partial charge is 0.464 e. The molecule has 6 rings (SSSR count). The summed E-state index contributed by atoms with van der Waals surface area (Å²) in [7, 11) is 1.24. The molecule has 3 aliphatic rings. The lowest BCUT2D eigenvalue weighted by atomic mass is 9.34. The number of methoxy groups -OCH3 is 1. The number of anilines is 1. The molecule has 10 heteroatoms. The monoisotopic (exact) mass is 481 g/mol. The van der Waals surface area contributed by atoms with Gasteiger partial charge in [-0.05, 0) is 51.3 Å². The third kappa shape index (κ3) is 3.16. The number of halogens is 2. The third-order valence-electron chi connectivity index (χ3n) is 6.99. The van der Waals surface area contributed by atoms with Crippen molar-refractivity contribution in [2.24, 2.45) is 5.41 Å². The van der Waals surface area contributed by atoms with E-state index in [1.54, 1.807) is 19.9 Å². The normalized spacial score (nSPS) is 23.4. The average Bonchev–Trinajstić information content (AvgIpc) is 2.76. The maximum absolute atomic E-state index is 14.6. The van der Waals surface area contributed by atoms with Gasteiger partial charge in [0, 0.05) is 22.7 Å². The molecule has 0 radical (unpaired) electrons. The summed E-state index contributed by atoms with van der Waals surface area (Å²) >= 11 is 5.94. The molecular formula is C24H21ClFN5O3. The van der Waals surface area contributed by atoms with Crippen molar-refractivity contribution in [3.05, 3.63) is 68.2 Å². The van der Waals surface area contributed by atoms with E-state index in [0.717, 1.165) is 6.20 Å². The number of esters is 1. The minimum Gasteiger partial charge on any atom is -0.464 e. The van der Waals surface area contributed by atoms with E-state index in [1.165, 1.54) is 23.6 Å². The minimum absolute atomic E-state index is 0.0140. The van der Waals surface area contributed by atoms with E-state index in [9.17, 15) is 19.2 Å². The molecule has 174 valence electrons. The van der Waals surface area contributed by atoms with Crippen molar-refractivity contribution < 1.29 is 13.9 Å². The van der Waals surface area contributed by atoms with Crippen LogP contribution in [0.3, 0.4) is 0 Å². The summed E-state index contributed by atoms with van der Waals surface area (Å²) < 4.78 is 20.6. The van der Waals surface area contributed by atoms with Crippen LogP contribution in [0.2, 0.25) is 5.15 Å². The molecule has 8 nitrogen and oxygen atoms in total. The first kappa shape index (κ1) is 22.3. The molecule has 3 aromatic rings. The van der Waals surface area contributed by atoms with Gasteiger partial charge in [0.15, 0.2) is 5.69 Å². The zero-order valence-corrected chi connectivity index (χ0v) is 19.5. The predicted octanol–water partition coefficient (Wildman–Crippen LogP) is 4.10. The van der Waals surface area contributed by atoms with Crippen molar-refractivity contribution >= 4 is 28.9 Å². The second-order valence-electron chi connectivity index (χ2n) is 9.29. The lowest BCUT2D eigenvalue weighted by molar-refractivity contribution is -0.0960. The van der Waals surface area contributed by atoms with E-state index in [-0.39, 0.29) is 27.2 Å². The Bertz CT molecular complexity index is 1460. The molecule has 3 heterocycles. The molecule has 3 fully saturated rings. The first-order valence-electron chi connectivity index (χ1n) is 10.8. The quantitative estimate of drug-likeness (QED) is 0.431. The third-order valence-corrected chi connectivity index (χ3v) is 7.20. The average molecular weight is 482 g/mol. The van der Waals surface area contributed by atoms with E-state index in [4.69, 9.17) is 21.3 Å². The highest BCUT2D eigenvalue weighted by molar-refractivity contribution is 6.29. The lowest BCUT2D eigenvalue weighted by Crippen LogP contribution is -2.64. The summed E-state index contributed by atoms with van der Waals surface area (Å²) in [6, 6.07) is 6.23. The number of pyridine rings is 2. The van der Waals surface area contributed by atoms with E-state index >= 15 is 0 Å². The second kappa shape index (κ2) is 7.50. The second-order valence-corrected chi connectivity index (χ2v) is 9.68. The molecule has 0 unspecified atom stereocenters. The highest BCUT2D eigenvalue weighted by Gasteiger charge is 2.70. The predicted molar refractivity (Wildman–Crippen MR) is 122 cm³/mol. The van der Waals surface area contributed by atoms with Crippen LogP contribution in [-0.2, 0) is 10.2 Å². The molecule has 3 aromatic heterocycles. The molecule has 0 amide bonds. The lowest BCUT2D eigenvalue weighted by Gasteiger charge is -2.66. The number of ether oxygens (including phenoxy) is 1. The summed E-state index contributed by atoms with van der Waals surface area (Å²) in [6.07, 6.45) is 3.18. The molecule has 1 atom stereocenters. The fourth-order valence-electron chi connectivity index (χ4n) is 5.43. The van der Waals surface area contributed by atoms with Crippen LogP contribution in [0.1, 0.15) is 59.5 Å². The van der Waals surface area contributed by atoms with Gasteiger partial charge in [0.1, 0.15) is 16.6 Å². The summed E-state index contributed by atoms with van der Waals surface area (Å²) in [5, 5.41) is 12.7. The number of carbonyl (C=O) groups excluding carboxylic acids is 1. The van der Waals surface area contributed by atoms with Gasteiger partial charge in [-0.3, -0.25) is 9.20 Å². The molecule has 34 heavy (non-hydrogen) atoms. The number of nitrogens with zero attached hydrogens (tertiary/aromatic N) is 4. The maximum Gasteiger partial charge on any atom is 0.358 e. The Kier molecular flexibility index (Phi) is 4.92. The van der Waals surface area contributed by atoms with Gasteiger partial charge in [0.05, 0.1) is 36.0 Å². The molecule has 0 saturated heterocycles. The number of carbonyl (C=O) groups is 1. The Morgan fingerprint density at radius 2 is 2.06 bits per heavy atom. The Morgan fingerprint density at radius 1 is 1.35 bits per heavy atom. The zero-order valence-electron chi connectivity index (χ0n) is 18.8. The number of fused-ring (bicyclic) bond motifs is 1. The van der Waals surface area contributed by atoms with E-state index in [0.29, 0.717) is 47.4 Å². The van der Waals surface area contributed by atoms with Crippen LogP contribution < -0.4 is 10.9 Å². The first-order chi connectivity index (χ1) is 16.1. The van der Waals surface area contributed by atoms with Crippen molar-refractivity contribution in [1.29, 1.82) is 5.26 Å². The molecule has 0 spiro atoms. The molecule has 0 aromatic carbocycles. The Hall–Kier alpha value is -3.51. The molecular weight excluding hydrogens is 461 g/mol. The number of hydrogen-bond donors (Lipinski definition) is 1. The number of nitrogens with one attached hydrogen (secondary N) is 1. The molecule has 0 aliphatic heterocycles. The summed E-state index contributed by atoms with van der Waals surface area (Å²) in [4.78, 5) is 34.3. The summed E-state index contributed by atoms with van der Waals surface area (Å²) in [5.41, 5.74) is 1.33. The number of hydrogen-bond acceptors (Lipinski definition) is 7. The Labute approximate surface area is 199 Å². The highest BCUT2D eigenvalue weighted by Crippen LogP contribution is 2.73. The van der Waals surface area contributed by atoms with Crippen LogP contribution in [0.4, 0.5) is 10.1 Å². The topological polar surface area (TPSA) is 109 Å². The molecule has 3 saturated carbocycles. The van der Waals surface area contributed by atoms with Crippen LogP contribution >= 0.6 is 11.6 Å². The van der Waals surface area contributed by atoms with Crippen LogP contribution in [0.25, 0.3) is 5.65 Å². The zero-order chi connectivity index (χ0) is 24.4. The van der Waals surface area contributed by atoms with E-state index in [1.807, 2.05) is 0 Å². The number of aromatic nitrogens is 3. The van der Waals surface area contributed by atoms with Crippen LogP contribution in [0.5, 0.6) is 0 Å². The van der Waals surface area contributed by atoms with Gasteiger partial charge in [-0.2, -0.15) is 5.26 Å². The Balaban J connectivity index is 1.60. The first-order valence-corrected chi connectivity index (χ1v) is 11.2. The van der Waals surface area contributed by atoms with Crippen molar-refractivity contribution in [2.45, 2.75) is 44.6 Å². The van der Waals surface area contributed by atoms with Crippen molar-refractivity contribution in [1.82, 2.24) is 14.4 Å². The van der Waals surface area contributed by atoms with E-state index in [2.05, 4.69) is 16.4 Å². The van der Waals surface area contributed by atoms with Crippen molar-refractivity contribution in [2.75, 3.05) is 12.4 Å². The van der Waals surface area contributed by atoms with Gasteiger partial charge in [-0.1, -0.05) is 11.6 Å².